The summed E-state index contributed by atoms with van der Waals surface area (Å²) in [6.45, 7) is 0.229. The summed E-state index contributed by atoms with van der Waals surface area (Å²) < 4.78 is 0. The second-order valence-electron chi connectivity index (χ2n) is 8.82. The lowest BCUT2D eigenvalue weighted by Crippen LogP contribution is -2.52. The summed E-state index contributed by atoms with van der Waals surface area (Å²) in [6, 6.07) is 7.70. The van der Waals surface area contributed by atoms with E-state index in [1.165, 1.54) is 4.90 Å². The van der Waals surface area contributed by atoms with Crippen LogP contribution < -0.4 is 10.6 Å². The fraction of sp³-hybridized carbons (Fsp3) is 0.375. The Hall–Kier alpha value is -3.26. The molecule has 2 unspecified atom stereocenters. The Kier molecular flexibility index (Phi) is 5.62. The van der Waals surface area contributed by atoms with Crippen molar-refractivity contribution < 1.29 is 19.2 Å². The number of halogens is 1. The van der Waals surface area contributed by atoms with E-state index < -0.39 is 11.9 Å². The molecule has 4 amide bonds. The fourth-order valence-electron chi connectivity index (χ4n) is 4.72. The molecular formula is C24H23ClN4O4. The van der Waals surface area contributed by atoms with Crippen molar-refractivity contribution in [1.29, 1.82) is 0 Å². The Morgan fingerprint density at radius 1 is 1.15 bits per heavy atom. The van der Waals surface area contributed by atoms with Crippen molar-refractivity contribution in [2.45, 2.75) is 50.7 Å². The largest absolute Gasteiger partial charge is 0.343 e. The zero-order valence-electron chi connectivity index (χ0n) is 17.8. The molecule has 2 N–H and O–H groups in total. The number of nitrogens with one attached hydrogen (secondary N) is 2. The number of fused-ring (bicyclic) bond motifs is 1. The molecule has 1 saturated heterocycles. The van der Waals surface area contributed by atoms with Gasteiger partial charge in [-0.05, 0) is 61.1 Å². The molecule has 0 bridgehead atoms. The monoisotopic (exact) mass is 466 g/mol. The molecule has 2 aromatic rings. The molecule has 5 rings (SSSR count). The first-order chi connectivity index (χ1) is 15.9. The molecule has 0 radical (unpaired) electrons. The van der Waals surface area contributed by atoms with Gasteiger partial charge in [-0.25, -0.2) is 0 Å². The number of amides is 4. The minimum Gasteiger partial charge on any atom is -0.343 e. The highest BCUT2D eigenvalue weighted by Gasteiger charge is 2.39. The average molecular weight is 467 g/mol. The highest BCUT2D eigenvalue weighted by Crippen LogP contribution is 2.37. The molecule has 0 spiro atoms. The molecule has 1 aliphatic carbocycles. The summed E-state index contributed by atoms with van der Waals surface area (Å²) in [5.41, 5.74) is 2.40. The predicted octanol–water partition coefficient (Wildman–Crippen LogP) is 2.77. The van der Waals surface area contributed by atoms with Crippen LogP contribution in [0.2, 0.25) is 5.02 Å². The van der Waals surface area contributed by atoms with Crippen LogP contribution in [0.3, 0.4) is 0 Å². The Labute approximate surface area is 195 Å². The smallest absolute Gasteiger partial charge is 0.255 e. The topological polar surface area (TPSA) is 108 Å². The van der Waals surface area contributed by atoms with Gasteiger partial charge in [-0.15, -0.1) is 0 Å². The van der Waals surface area contributed by atoms with Crippen molar-refractivity contribution in [2.24, 2.45) is 5.92 Å². The van der Waals surface area contributed by atoms with Gasteiger partial charge in [0.1, 0.15) is 6.04 Å². The first-order valence-corrected chi connectivity index (χ1v) is 11.5. The van der Waals surface area contributed by atoms with Crippen molar-refractivity contribution >= 4 is 35.2 Å². The molecule has 8 nitrogen and oxygen atoms in total. The van der Waals surface area contributed by atoms with E-state index in [-0.39, 0.29) is 36.7 Å². The van der Waals surface area contributed by atoms with E-state index in [0.29, 0.717) is 34.1 Å². The molecule has 170 valence electrons. The van der Waals surface area contributed by atoms with Crippen LogP contribution in [-0.2, 0) is 16.1 Å². The van der Waals surface area contributed by atoms with Crippen LogP contribution in [0.15, 0.2) is 36.5 Å². The maximum absolute atomic E-state index is 13.1. The van der Waals surface area contributed by atoms with E-state index in [0.717, 1.165) is 25.0 Å². The van der Waals surface area contributed by atoms with Gasteiger partial charge < -0.3 is 10.2 Å². The third-order valence-electron chi connectivity index (χ3n) is 6.76. The van der Waals surface area contributed by atoms with Crippen LogP contribution in [0.5, 0.6) is 0 Å². The van der Waals surface area contributed by atoms with E-state index >= 15 is 0 Å². The average Bonchev–Trinajstić information content (AvgIpc) is 3.08. The number of carbonyl (C=O) groups is 4. The predicted molar refractivity (Wildman–Crippen MR) is 119 cm³/mol. The van der Waals surface area contributed by atoms with Gasteiger partial charge in [-0.3, -0.25) is 29.5 Å². The van der Waals surface area contributed by atoms with Gasteiger partial charge in [0, 0.05) is 30.3 Å². The summed E-state index contributed by atoms with van der Waals surface area (Å²) in [4.78, 5) is 55.6. The molecule has 2 fully saturated rings. The molecule has 1 saturated carbocycles. The Bertz CT molecular complexity index is 1150. The number of nitrogens with zero attached hydrogens (tertiary/aromatic N) is 2. The van der Waals surface area contributed by atoms with Crippen LogP contribution in [-0.4, -0.2) is 39.6 Å². The second-order valence-corrected chi connectivity index (χ2v) is 9.25. The van der Waals surface area contributed by atoms with E-state index in [2.05, 4.69) is 15.6 Å². The van der Waals surface area contributed by atoms with Crippen molar-refractivity contribution in [3.05, 3.63) is 63.9 Å². The lowest BCUT2D eigenvalue weighted by Gasteiger charge is -2.34. The normalized spacial score (nSPS) is 21.3. The van der Waals surface area contributed by atoms with Gasteiger partial charge in [0.25, 0.3) is 11.8 Å². The number of rotatable bonds is 5. The maximum atomic E-state index is 13.1. The summed E-state index contributed by atoms with van der Waals surface area (Å²) >= 11 is 5.97. The van der Waals surface area contributed by atoms with Crippen LogP contribution in [0.4, 0.5) is 0 Å². The minimum absolute atomic E-state index is 0.200. The number of imide groups is 1. The van der Waals surface area contributed by atoms with Crippen molar-refractivity contribution in [1.82, 2.24) is 20.5 Å². The number of hydrogen-bond acceptors (Lipinski definition) is 5. The number of hydrogen-bond donors (Lipinski definition) is 2. The Morgan fingerprint density at radius 2 is 1.97 bits per heavy atom. The lowest BCUT2D eigenvalue weighted by atomic mass is 9.78. The summed E-state index contributed by atoms with van der Waals surface area (Å²) in [5, 5.41) is 5.95. The van der Waals surface area contributed by atoms with Gasteiger partial charge in [0.15, 0.2) is 0 Å². The molecule has 1 aromatic heterocycles. The third kappa shape index (κ3) is 4.11. The van der Waals surface area contributed by atoms with E-state index in [1.54, 1.807) is 30.5 Å². The first-order valence-electron chi connectivity index (χ1n) is 11.1. The van der Waals surface area contributed by atoms with Gasteiger partial charge in [-0.1, -0.05) is 18.0 Å². The zero-order chi connectivity index (χ0) is 23.1. The van der Waals surface area contributed by atoms with Gasteiger partial charge in [-0.2, -0.15) is 0 Å². The number of piperidine rings is 1. The first kappa shape index (κ1) is 21.6. The molecule has 1 aromatic carbocycles. The van der Waals surface area contributed by atoms with Crippen LogP contribution >= 0.6 is 11.6 Å². The summed E-state index contributed by atoms with van der Waals surface area (Å²) in [6.07, 6.45) is 5.26. The number of carbonyl (C=O) groups excluding carboxylic acids is 4. The maximum Gasteiger partial charge on any atom is 0.255 e. The summed E-state index contributed by atoms with van der Waals surface area (Å²) in [7, 11) is 0. The van der Waals surface area contributed by atoms with Crippen molar-refractivity contribution in [2.75, 3.05) is 0 Å². The van der Waals surface area contributed by atoms with Crippen molar-refractivity contribution in [3.63, 3.8) is 0 Å². The zero-order valence-corrected chi connectivity index (χ0v) is 18.6. The van der Waals surface area contributed by atoms with E-state index in [9.17, 15) is 19.2 Å². The van der Waals surface area contributed by atoms with Gasteiger partial charge >= 0.3 is 0 Å². The van der Waals surface area contributed by atoms with E-state index in [4.69, 9.17) is 11.6 Å². The summed E-state index contributed by atoms with van der Waals surface area (Å²) in [5.74, 6) is -0.955. The minimum atomic E-state index is -0.682. The molecule has 2 atom stereocenters. The second kappa shape index (κ2) is 8.59. The number of benzene rings is 1. The van der Waals surface area contributed by atoms with Crippen LogP contribution in [0.1, 0.15) is 70.1 Å². The molecule has 33 heavy (non-hydrogen) atoms. The van der Waals surface area contributed by atoms with Gasteiger partial charge in [0.05, 0.1) is 16.8 Å². The molecular weight excluding hydrogens is 444 g/mol. The SMILES string of the molecule is O=C1CCC(N2Cc3cc(C(=O)NC(c4ccc(Cl)cn4)C4CCC4)ccc3C2=O)C(=O)N1. The highest BCUT2D eigenvalue weighted by atomic mass is 35.5. The third-order valence-corrected chi connectivity index (χ3v) is 6.99. The Balaban J connectivity index is 1.34. The number of pyridine rings is 1. The molecule has 2 aliphatic heterocycles. The van der Waals surface area contributed by atoms with Crippen molar-refractivity contribution in [3.8, 4) is 0 Å². The molecule has 9 heteroatoms. The standard InChI is InChI=1S/C24H23ClN4O4/c25-16-5-7-18(26-11-16)21(13-2-1-3-13)28-22(31)14-4-6-17-15(10-14)12-29(24(17)33)19-8-9-20(30)27-23(19)32/h4-7,10-11,13,19,21H,1-3,8-9,12H2,(H,28,31)(H,27,30,32). The van der Waals surface area contributed by atoms with E-state index in [1.807, 2.05) is 6.07 Å². The number of aromatic nitrogens is 1. The van der Waals surface area contributed by atoms with Crippen LogP contribution in [0.25, 0.3) is 0 Å². The van der Waals surface area contributed by atoms with Gasteiger partial charge in [0.2, 0.25) is 11.8 Å². The van der Waals surface area contributed by atoms with Crippen LogP contribution in [0, 0.1) is 5.92 Å². The molecule has 3 heterocycles. The quantitative estimate of drug-likeness (QED) is 0.659. The Morgan fingerprint density at radius 3 is 2.64 bits per heavy atom. The molecule has 3 aliphatic rings. The fourth-order valence-corrected chi connectivity index (χ4v) is 4.83. The highest BCUT2D eigenvalue weighted by molar-refractivity contribution is 6.30. The lowest BCUT2D eigenvalue weighted by molar-refractivity contribution is -0.136.